The number of carbonyl (C=O) groups excluding carboxylic acids is 1. The van der Waals surface area contributed by atoms with Crippen molar-refractivity contribution in [2.24, 2.45) is 5.73 Å². The molecule has 0 atom stereocenters. The largest absolute Gasteiger partial charge is 0.467 e. The first-order valence-electron chi connectivity index (χ1n) is 5.58. The van der Waals surface area contributed by atoms with Crippen molar-refractivity contribution in [1.82, 2.24) is 15.0 Å². The van der Waals surface area contributed by atoms with E-state index in [1.807, 2.05) is 6.07 Å². The Balaban J connectivity index is 2.24. The van der Waals surface area contributed by atoms with Gasteiger partial charge in [-0.2, -0.15) is 0 Å². The van der Waals surface area contributed by atoms with Crippen LogP contribution in [0.3, 0.4) is 0 Å². The minimum Gasteiger partial charge on any atom is -0.467 e. The molecule has 2 rings (SSSR count). The fourth-order valence-corrected chi connectivity index (χ4v) is 1.57. The maximum atomic E-state index is 11.6. The molecule has 0 fully saturated rings. The molecule has 0 unspecified atom stereocenters. The van der Waals surface area contributed by atoms with Gasteiger partial charge in [0.1, 0.15) is 12.3 Å². The van der Waals surface area contributed by atoms with E-state index in [9.17, 15) is 4.79 Å². The lowest BCUT2D eigenvalue weighted by molar-refractivity contribution is 0.0518. The van der Waals surface area contributed by atoms with Crippen LogP contribution in [0.5, 0.6) is 0 Å². The Hall–Kier alpha value is -2.15. The fraction of sp³-hybridized carbons (Fsp3) is 0.364. The van der Waals surface area contributed by atoms with Crippen LogP contribution in [0, 0.1) is 0 Å². The van der Waals surface area contributed by atoms with Gasteiger partial charge in [-0.05, 0) is 19.1 Å². The highest BCUT2D eigenvalue weighted by atomic mass is 16.5. The van der Waals surface area contributed by atoms with Gasteiger partial charge in [0, 0.05) is 6.54 Å². The number of hydrogen-bond donors (Lipinski definition) is 1. The zero-order valence-corrected chi connectivity index (χ0v) is 10.00. The smallest absolute Gasteiger partial charge is 0.360 e. The standard InChI is InChI=1S/C11H14N4O3/c1-2-17-11(16)10-9(6-12)15(14-13-10)7-8-4-3-5-18-8/h3-5H,2,6-7,12H2,1H3. The molecule has 2 aromatic rings. The van der Waals surface area contributed by atoms with E-state index < -0.39 is 5.97 Å². The van der Waals surface area contributed by atoms with Gasteiger partial charge in [0.15, 0.2) is 5.69 Å². The van der Waals surface area contributed by atoms with Crippen LogP contribution in [-0.2, 0) is 17.8 Å². The Labute approximate surface area is 104 Å². The summed E-state index contributed by atoms with van der Waals surface area (Å²) in [6.45, 7) is 2.55. The number of furan rings is 1. The normalized spacial score (nSPS) is 10.6. The highest BCUT2D eigenvalue weighted by molar-refractivity contribution is 5.88. The summed E-state index contributed by atoms with van der Waals surface area (Å²) < 4.78 is 11.6. The van der Waals surface area contributed by atoms with Gasteiger partial charge in [-0.15, -0.1) is 5.10 Å². The number of carbonyl (C=O) groups is 1. The van der Waals surface area contributed by atoms with E-state index in [0.717, 1.165) is 0 Å². The summed E-state index contributed by atoms with van der Waals surface area (Å²) in [5, 5.41) is 7.69. The molecule has 0 aromatic carbocycles. The van der Waals surface area contributed by atoms with Crippen molar-refractivity contribution in [2.45, 2.75) is 20.0 Å². The molecular weight excluding hydrogens is 236 g/mol. The number of nitrogens with zero attached hydrogens (tertiary/aromatic N) is 3. The van der Waals surface area contributed by atoms with Gasteiger partial charge < -0.3 is 14.9 Å². The van der Waals surface area contributed by atoms with Crippen LogP contribution in [0.2, 0.25) is 0 Å². The Bertz CT molecular complexity index is 518. The second-order valence-corrected chi connectivity index (χ2v) is 3.55. The van der Waals surface area contributed by atoms with Gasteiger partial charge in [-0.3, -0.25) is 0 Å². The van der Waals surface area contributed by atoms with Gasteiger partial charge in [0.2, 0.25) is 0 Å². The van der Waals surface area contributed by atoms with Crippen LogP contribution in [0.1, 0.15) is 28.9 Å². The van der Waals surface area contributed by atoms with Crippen molar-refractivity contribution in [1.29, 1.82) is 0 Å². The van der Waals surface area contributed by atoms with Gasteiger partial charge >= 0.3 is 5.97 Å². The fourth-order valence-electron chi connectivity index (χ4n) is 1.57. The van der Waals surface area contributed by atoms with Gasteiger partial charge in [-0.1, -0.05) is 5.21 Å². The molecule has 2 heterocycles. The summed E-state index contributed by atoms with van der Waals surface area (Å²) in [5.74, 6) is 0.202. The van der Waals surface area contributed by atoms with Gasteiger partial charge in [0.25, 0.3) is 0 Å². The first-order valence-corrected chi connectivity index (χ1v) is 5.58. The Kier molecular flexibility index (Phi) is 3.73. The second kappa shape index (κ2) is 5.46. The monoisotopic (exact) mass is 250 g/mol. The highest BCUT2D eigenvalue weighted by Gasteiger charge is 2.20. The molecular formula is C11H14N4O3. The van der Waals surface area contributed by atoms with Crippen molar-refractivity contribution in [3.8, 4) is 0 Å². The van der Waals surface area contributed by atoms with Crippen LogP contribution < -0.4 is 5.73 Å². The highest BCUT2D eigenvalue weighted by Crippen LogP contribution is 2.10. The molecule has 0 amide bonds. The van der Waals surface area contributed by atoms with Crippen LogP contribution in [-0.4, -0.2) is 27.6 Å². The topological polar surface area (TPSA) is 96.2 Å². The third kappa shape index (κ3) is 2.40. The first-order chi connectivity index (χ1) is 8.76. The average molecular weight is 250 g/mol. The molecule has 0 saturated carbocycles. The van der Waals surface area contributed by atoms with E-state index in [1.54, 1.807) is 19.3 Å². The Morgan fingerprint density at radius 1 is 1.61 bits per heavy atom. The van der Waals surface area contributed by atoms with Crippen LogP contribution in [0.25, 0.3) is 0 Å². The summed E-state index contributed by atoms with van der Waals surface area (Å²) in [7, 11) is 0. The van der Waals surface area contributed by atoms with E-state index >= 15 is 0 Å². The van der Waals surface area contributed by atoms with Crippen molar-refractivity contribution in [3.05, 3.63) is 35.5 Å². The first kappa shape index (κ1) is 12.3. The summed E-state index contributed by atoms with van der Waals surface area (Å²) in [4.78, 5) is 11.6. The maximum Gasteiger partial charge on any atom is 0.360 e. The number of rotatable bonds is 5. The predicted molar refractivity (Wildman–Crippen MR) is 61.7 cm³/mol. The molecule has 2 aromatic heterocycles. The van der Waals surface area contributed by atoms with Crippen molar-refractivity contribution >= 4 is 5.97 Å². The molecule has 7 heteroatoms. The van der Waals surface area contributed by atoms with E-state index in [0.29, 0.717) is 18.0 Å². The van der Waals surface area contributed by atoms with Crippen LogP contribution in [0.15, 0.2) is 22.8 Å². The lowest BCUT2D eigenvalue weighted by atomic mass is 10.3. The number of esters is 1. The second-order valence-electron chi connectivity index (χ2n) is 3.55. The minimum absolute atomic E-state index is 0.155. The molecule has 0 radical (unpaired) electrons. The Morgan fingerprint density at radius 3 is 3.06 bits per heavy atom. The predicted octanol–water partition coefficient (Wildman–Crippen LogP) is 0.555. The molecule has 2 N–H and O–H groups in total. The maximum absolute atomic E-state index is 11.6. The number of ether oxygens (including phenoxy) is 1. The van der Waals surface area contributed by atoms with Gasteiger partial charge in [-0.25, -0.2) is 9.48 Å². The third-order valence-electron chi connectivity index (χ3n) is 2.39. The van der Waals surface area contributed by atoms with Crippen LogP contribution >= 0.6 is 0 Å². The molecule has 96 valence electrons. The summed E-state index contributed by atoms with van der Waals surface area (Å²) >= 11 is 0. The lowest BCUT2D eigenvalue weighted by Crippen LogP contribution is -2.14. The van der Waals surface area contributed by atoms with E-state index in [1.165, 1.54) is 4.68 Å². The summed E-state index contributed by atoms with van der Waals surface area (Å²) in [6, 6.07) is 3.59. The minimum atomic E-state index is -0.511. The number of nitrogens with two attached hydrogens (primary N) is 1. The molecule has 18 heavy (non-hydrogen) atoms. The van der Waals surface area contributed by atoms with E-state index in [4.69, 9.17) is 14.9 Å². The molecule has 7 nitrogen and oxygen atoms in total. The summed E-state index contributed by atoms with van der Waals surface area (Å²) in [5.41, 5.74) is 6.31. The van der Waals surface area contributed by atoms with E-state index in [-0.39, 0.29) is 18.8 Å². The summed E-state index contributed by atoms with van der Waals surface area (Å²) in [6.07, 6.45) is 1.57. The lowest BCUT2D eigenvalue weighted by Gasteiger charge is -2.04. The number of hydrogen-bond acceptors (Lipinski definition) is 6. The molecule has 0 aliphatic carbocycles. The van der Waals surface area contributed by atoms with Crippen molar-refractivity contribution < 1.29 is 13.9 Å². The molecule has 0 saturated heterocycles. The van der Waals surface area contributed by atoms with Gasteiger partial charge in [0.05, 0.1) is 18.6 Å². The van der Waals surface area contributed by atoms with Crippen LogP contribution in [0.4, 0.5) is 0 Å². The Morgan fingerprint density at radius 2 is 2.44 bits per heavy atom. The van der Waals surface area contributed by atoms with E-state index in [2.05, 4.69) is 10.3 Å². The zero-order valence-electron chi connectivity index (χ0n) is 10.00. The molecule has 0 aliphatic rings. The molecule has 0 bridgehead atoms. The SMILES string of the molecule is CCOC(=O)c1nnn(Cc2ccco2)c1CN. The van der Waals surface area contributed by atoms with Crippen molar-refractivity contribution in [3.63, 3.8) is 0 Å². The zero-order chi connectivity index (χ0) is 13.0. The molecule has 0 aliphatic heterocycles. The quantitative estimate of drug-likeness (QED) is 0.778. The van der Waals surface area contributed by atoms with Crippen molar-refractivity contribution in [2.75, 3.05) is 6.61 Å². The average Bonchev–Trinajstić information content (AvgIpc) is 2.99. The third-order valence-corrected chi connectivity index (χ3v) is 2.39. The number of aromatic nitrogens is 3. The molecule has 0 spiro atoms.